The zero-order valence-electron chi connectivity index (χ0n) is 14.8. The van der Waals surface area contributed by atoms with E-state index >= 15 is 0 Å². The van der Waals surface area contributed by atoms with Crippen LogP contribution in [-0.2, 0) is 9.53 Å². The standard InChI is InChI=1S/C18H22ClNO5/c1-18(2,3)25-17(23)20-8-7-15(21)13(10-20)16(22)12-6-5-11(24-4)9-14(12)19/h5-6,9,13H,7-8,10H2,1-4H3/t13-/m0/s1. The minimum Gasteiger partial charge on any atom is -0.497 e. The number of methoxy groups -OCH3 is 1. The zero-order valence-corrected chi connectivity index (χ0v) is 15.6. The SMILES string of the molecule is COc1ccc(C(=O)[C@H]2CN(C(=O)OC(C)(C)C)CCC2=O)c(Cl)c1. The number of Topliss-reactive ketones (excluding diaryl/α,β-unsaturated/α-hetero) is 2. The van der Waals surface area contributed by atoms with Gasteiger partial charge in [0.2, 0.25) is 0 Å². The van der Waals surface area contributed by atoms with Crippen LogP contribution < -0.4 is 4.74 Å². The van der Waals surface area contributed by atoms with Gasteiger partial charge in [0, 0.05) is 25.1 Å². The quantitative estimate of drug-likeness (QED) is 0.605. The third-order valence-corrected chi connectivity index (χ3v) is 4.14. The lowest BCUT2D eigenvalue weighted by atomic mass is 9.89. The van der Waals surface area contributed by atoms with Gasteiger partial charge < -0.3 is 14.4 Å². The van der Waals surface area contributed by atoms with Crippen LogP contribution in [0.15, 0.2) is 18.2 Å². The van der Waals surface area contributed by atoms with E-state index in [9.17, 15) is 14.4 Å². The molecule has 0 saturated carbocycles. The number of piperidine rings is 1. The normalized spacial score (nSPS) is 18.0. The van der Waals surface area contributed by atoms with Gasteiger partial charge >= 0.3 is 6.09 Å². The molecule has 1 aliphatic heterocycles. The van der Waals surface area contributed by atoms with Crippen LogP contribution in [0.3, 0.4) is 0 Å². The van der Waals surface area contributed by atoms with Crippen LogP contribution in [0.4, 0.5) is 4.79 Å². The zero-order chi connectivity index (χ0) is 18.8. The average molecular weight is 368 g/mol. The van der Waals surface area contributed by atoms with Gasteiger partial charge in [0.25, 0.3) is 0 Å². The van der Waals surface area contributed by atoms with E-state index in [4.69, 9.17) is 21.1 Å². The number of hydrogen-bond donors (Lipinski definition) is 0. The van der Waals surface area contributed by atoms with E-state index < -0.39 is 23.4 Å². The molecule has 0 radical (unpaired) electrons. The van der Waals surface area contributed by atoms with Crippen molar-refractivity contribution < 1.29 is 23.9 Å². The maximum Gasteiger partial charge on any atom is 0.410 e. The Morgan fingerprint density at radius 1 is 1.28 bits per heavy atom. The van der Waals surface area contributed by atoms with Gasteiger partial charge in [-0.05, 0) is 39.0 Å². The lowest BCUT2D eigenvalue weighted by Crippen LogP contribution is -2.48. The molecule has 136 valence electrons. The first-order valence-corrected chi connectivity index (χ1v) is 8.38. The second-order valence-corrected chi connectivity index (χ2v) is 7.31. The minimum atomic E-state index is -0.938. The highest BCUT2D eigenvalue weighted by Crippen LogP contribution is 2.27. The molecule has 1 aromatic rings. The Morgan fingerprint density at radius 3 is 2.52 bits per heavy atom. The first kappa shape index (κ1) is 19.2. The Kier molecular flexibility index (Phi) is 5.72. The van der Waals surface area contributed by atoms with Gasteiger partial charge in [-0.2, -0.15) is 0 Å². The molecule has 0 bridgehead atoms. The van der Waals surface area contributed by atoms with Crippen molar-refractivity contribution in [2.45, 2.75) is 32.8 Å². The topological polar surface area (TPSA) is 72.9 Å². The number of benzene rings is 1. The molecule has 1 amide bonds. The summed E-state index contributed by atoms with van der Waals surface area (Å²) in [5, 5.41) is 0.214. The largest absolute Gasteiger partial charge is 0.497 e. The number of nitrogens with zero attached hydrogens (tertiary/aromatic N) is 1. The molecule has 25 heavy (non-hydrogen) atoms. The fourth-order valence-electron chi connectivity index (χ4n) is 2.56. The Hall–Kier alpha value is -2.08. The van der Waals surface area contributed by atoms with E-state index in [1.165, 1.54) is 24.1 Å². The number of rotatable bonds is 3. The number of hydrogen-bond acceptors (Lipinski definition) is 5. The van der Waals surface area contributed by atoms with E-state index in [1.54, 1.807) is 26.8 Å². The van der Waals surface area contributed by atoms with Gasteiger partial charge in [0.15, 0.2) is 5.78 Å². The van der Waals surface area contributed by atoms with Gasteiger partial charge in [-0.25, -0.2) is 4.79 Å². The van der Waals surface area contributed by atoms with Crippen LogP contribution in [0.25, 0.3) is 0 Å². The first-order valence-electron chi connectivity index (χ1n) is 8.01. The monoisotopic (exact) mass is 367 g/mol. The molecule has 0 N–H and O–H groups in total. The molecule has 0 unspecified atom stereocenters. The fourth-order valence-corrected chi connectivity index (χ4v) is 2.83. The number of halogens is 1. The van der Waals surface area contributed by atoms with Gasteiger partial charge in [-0.3, -0.25) is 9.59 Å². The molecule has 7 heteroatoms. The molecule has 1 heterocycles. The molecule has 1 saturated heterocycles. The van der Waals surface area contributed by atoms with Crippen molar-refractivity contribution in [1.82, 2.24) is 4.90 Å². The van der Waals surface area contributed by atoms with E-state index in [1.807, 2.05) is 0 Å². The Balaban J connectivity index is 2.18. The molecule has 1 aromatic carbocycles. The van der Waals surface area contributed by atoms with Crippen molar-refractivity contribution in [1.29, 1.82) is 0 Å². The second-order valence-electron chi connectivity index (χ2n) is 6.91. The summed E-state index contributed by atoms with van der Waals surface area (Å²) in [5.41, 5.74) is -0.399. The highest BCUT2D eigenvalue weighted by atomic mass is 35.5. The van der Waals surface area contributed by atoms with Crippen molar-refractivity contribution >= 4 is 29.3 Å². The van der Waals surface area contributed by atoms with Crippen molar-refractivity contribution in [3.63, 3.8) is 0 Å². The fraction of sp³-hybridized carbons (Fsp3) is 0.500. The summed E-state index contributed by atoms with van der Waals surface area (Å²) >= 11 is 6.14. The highest BCUT2D eigenvalue weighted by molar-refractivity contribution is 6.34. The van der Waals surface area contributed by atoms with Crippen molar-refractivity contribution in [3.05, 3.63) is 28.8 Å². The predicted molar refractivity (Wildman–Crippen MR) is 93.3 cm³/mol. The number of ether oxygens (including phenoxy) is 2. The van der Waals surface area contributed by atoms with Crippen LogP contribution in [0.2, 0.25) is 5.02 Å². The van der Waals surface area contributed by atoms with E-state index in [0.717, 1.165) is 0 Å². The van der Waals surface area contributed by atoms with Crippen molar-refractivity contribution in [2.24, 2.45) is 5.92 Å². The number of amides is 1. The van der Waals surface area contributed by atoms with Crippen LogP contribution in [0.1, 0.15) is 37.6 Å². The lowest BCUT2D eigenvalue weighted by Gasteiger charge is -2.32. The van der Waals surface area contributed by atoms with Gasteiger partial charge in [0.1, 0.15) is 17.1 Å². The summed E-state index contributed by atoms with van der Waals surface area (Å²) in [5.74, 6) is -1.01. The lowest BCUT2D eigenvalue weighted by molar-refractivity contribution is -0.124. The van der Waals surface area contributed by atoms with E-state index in [2.05, 4.69) is 0 Å². The predicted octanol–water partition coefficient (Wildman–Crippen LogP) is 3.36. The smallest absolute Gasteiger partial charge is 0.410 e. The molecule has 1 atom stereocenters. The minimum absolute atomic E-state index is 0.00502. The maximum absolute atomic E-state index is 12.8. The van der Waals surface area contributed by atoms with Crippen LogP contribution in [-0.4, -0.2) is 48.4 Å². The van der Waals surface area contributed by atoms with Crippen LogP contribution in [0, 0.1) is 5.92 Å². The first-order chi connectivity index (χ1) is 11.6. The van der Waals surface area contributed by atoms with Gasteiger partial charge in [-0.1, -0.05) is 11.6 Å². The van der Waals surface area contributed by atoms with E-state index in [-0.39, 0.29) is 35.9 Å². The summed E-state index contributed by atoms with van der Waals surface area (Å²) in [7, 11) is 1.50. The molecule has 6 nitrogen and oxygen atoms in total. The van der Waals surface area contributed by atoms with Crippen molar-refractivity contribution in [2.75, 3.05) is 20.2 Å². The maximum atomic E-state index is 12.8. The Bertz CT molecular complexity index is 695. The highest BCUT2D eigenvalue weighted by Gasteiger charge is 2.37. The Morgan fingerprint density at radius 2 is 1.96 bits per heavy atom. The van der Waals surface area contributed by atoms with Crippen LogP contribution >= 0.6 is 11.6 Å². The number of carbonyl (C=O) groups excluding carboxylic acids is 3. The Labute approximate surface area is 152 Å². The molecule has 2 rings (SSSR count). The van der Waals surface area contributed by atoms with Crippen molar-refractivity contribution in [3.8, 4) is 5.75 Å². The number of carbonyl (C=O) groups is 3. The van der Waals surface area contributed by atoms with Gasteiger partial charge in [-0.15, -0.1) is 0 Å². The summed E-state index contributed by atoms with van der Waals surface area (Å²) in [4.78, 5) is 38.6. The average Bonchev–Trinajstić information content (AvgIpc) is 2.52. The summed E-state index contributed by atoms with van der Waals surface area (Å²) in [6, 6.07) is 4.66. The molecule has 0 aromatic heterocycles. The van der Waals surface area contributed by atoms with E-state index in [0.29, 0.717) is 5.75 Å². The molecular formula is C18H22ClNO5. The van der Waals surface area contributed by atoms with Crippen LogP contribution in [0.5, 0.6) is 5.75 Å². The molecule has 1 aliphatic rings. The summed E-state index contributed by atoms with van der Waals surface area (Å²) in [6.45, 7) is 5.53. The third kappa shape index (κ3) is 4.72. The molecule has 0 spiro atoms. The van der Waals surface area contributed by atoms with Gasteiger partial charge in [0.05, 0.1) is 18.1 Å². The third-order valence-electron chi connectivity index (χ3n) is 3.83. The molecule has 0 aliphatic carbocycles. The summed E-state index contributed by atoms with van der Waals surface area (Å²) < 4.78 is 10.4. The number of likely N-dealkylation sites (tertiary alicyclic amines) is 1. The summed E-state index contributed by atoms with van der Waals surface area (Å²) in [6.07, 6.45) is -0.415. The number of ketones is 2. The second kappa shape index (κ2) is 7.44. The molecule has 1 fully saturated rings. The molecular weight excluding hydrogens is 346 g/mol.